The minimum atomic E-state index is -0.573. The molecule has 0 spiro atoms. The lowest BCUT2D eigenvalue weighted by Crippen LogP contribution is -2.42. The molecule has 3 aromatic rings. The van der Waals surface area contributed by atoms with Crippen molar-refractivity contribution in [2.24, 2.45) is 0 Å². The van der Waals surface area contributed by atoms with Crippen LogP contribution in [0.25, 0.3) is 21.3 Å². The summed E-state index contributed by atoms with van der Waals surface area (Å²) < 4.78 is 10.6. The van der Waals surface area contributed by atoms with E-state index in [1.807, 2.05) is 29.6 Å². The molecule has 7 nitrogen and oxygen atoms in total. The monoisotopic (exact) mass is 457 g/mol. The first-order chi connectivity index (χ1) is 15.6. The van der Waals surface area contributed by atoms with Crippen LogP contribution in [0.2, 0.25) is 0 Å². The third-order valence-corrected chi connectivity index (χ3v) is 7.01. The summed E-state index contributed by atoms with van der Waals surface area (Å²) in [5.74, 6) is 1.36. The second kappa shape index (κ2) is 10.6. The number of aliphatic hydroxyl groups is 1. The number of nitrogens with zero attached hydrogens (tertiary/aromatic N) is 2. The Morgan fingerprint density at radius 3 is 2.75 bits per heavy atom. The minimum Gasteiger partial charge on any atom is -0.496 e. The maximum Gasteiger partial charge on any atom is 0.260 e. The first-order valence-corrected chi connectivity index (χ1v) is 12.0. The van der Waals surface area contributed by atoms with Crippen LogP contribution < -0.4 is 10.3 Å². The van der Waals surface area contributed by atoms with E-state index in [1.165, 1.54) is 30.6 Å². The van der Waals surface area contributed by atoms with Gasteiger partial charge in [0.2, 0.25) is 0 Å². The summed E-state index contributed by atoms with van der Waals surface area (Å²) in [6.45, 7) is 1.29. The molecule has 0 amide bonds. The first-order valence-electron chi connectivity index (χ1n) is 11.2. The Balaban J connectivity index is 1.64. The van der Waals surface area contributed by atoms with Crippen molar-refractivity contribution in [3.63, 3.8) is 0 Å². The first kappa shape index (κ1) is 22.9. The van der Waals surface area contributed by atoms with Gasteiger partial charge >= 0.3 is 0 Å². The largest absolute Gasteiger partial charge is 0.496 e. The Kier molecular flexibility index (Phi) is 7.57. The van der Waals surface area contributed by atoms with Gasteiger partial charge in [-0.25, -0.2) is 4.98 Å². The predicted molar refractivity (Wildman–Crippen MR) is 127 cm³/mol. The van der Waals surface area contributed by atoms with Crippen molar-refractivity contribution in [3.05, 3.63) is 45.8 Å². The molecule has 32 heavy (non-hydrogen) atoms. The lowest BCUT2D eigenvalue weighted by atomic mass is 9.94. The number of fused-ring (bicyclic) bond motifs is 1. The number of aromatic nitrogens is 2. The molecule has 1 aliphatic carbocycles. The summed E-state index contributed by atoms with van der Waals surface area (Å²) in [4.78, 5) is 23.9. The molecule has 2 aromatic heterocycles. The van der Waals surface area contributed by atoms with E-state index in [0.29, 0.717) is 41.8 Å². The number of aromatic amines is 1. The number of benzene rings is 1. The summed E-state index contributed by atoms with van der Waals surface area (Å²) in [6.07, 6.45) is 5.27. The summed E-state index contributed by atoms with van der Waals surface area (Å²) in [7, 11) is 3.23. The fourth-order valence-corrected chi connectivity index (χ4v) is 5.59. The van der Waals surface area contributed by atoms with Gasteiger partial charge in [0.05, 0.1) is 31.8 Å². The SMILES string of the molecule is COCC(O)CN(Cc1nc2scc(-c3ccccc3OC)c2c(=O)[nH]1)C1CCCCC1. The summed E-state index contributed by atoms with van der Waals surface area (Å²) >= 11 is 1.47. The van der Waals surface area contributed by atoms with E-state index in [4.69, 9.17) is 14.5 Å². The summed E-state index contributed by atoms with van der Waals surface area (Å²) in [5, 5.41) is 12.9. The maximum absolute atomic E-state index is 13.1. The van der Waals surface area contributed by atoms with Gasteiger partial charge in [0.15, 0.2) is 0 Å². The number of rotatable bonds is 9. The van der Waals surface area contributed by atoms with Gasteiger partial charge in [-0.1, -0.05) is 37.5 Å². The molecule has 0 radical (unpaired) electrons. The zero-order valence-electron chi connectivity index (χ0n) is 18.7. The third-order valence-electron chi connectivity index (χ3n) is 6.14. The molecule has 0 aliphatic heterocycles. The molecule has 8 heteroatoms. The van der Waals surface area contributed by atoms with Gasteiger partial charge in [0.1, 0.15) is 16.4 Å². The molecule has 1 atom stereocenters. The third kappa shape index (κ3) is 5.04. The fourth-order valence-electron chi connectivity index (χ4n) is 4.63. The van der Waals surface area contributed by atoms with Crippen LogP contribution in [-0.4, -0.2) is 59.5 Å². The standard InChI is InChI=1S/C24H31N3O4S/c1-30-14-17(28)12-27(16-8-4-3-5-9-16)13-21-25-23(29)22-19(15-32-24(22)26-21)18-10-6-7-11-20(18)31-2/h6-7,10-11,15-17,28H,3-5,8-9,12-14H2,1-2H3,(H,25,26,29). The Morgan fingerprint density at radius 1 is 1.22 bits per heavy atom. The van der Waals surface area contributed by atoms with Gasteiger partial charge in [0, 0.05) is 36.2 Å². The fraction of sp³-hybridized carbons (Fsp3) is 0.500. The number of para-hydroxylation sites is 1. The van der Waals surface area contributed by atoms with Crippen molar-refractivity contribution in [3.8, 4) is 16.9 Å². The predicted octanol–water partition coefficient (Wildman–Crippen LogP) is 3.80. The van der Waals surface area contributed by atoms with E-state index >= 15 is 0 Å². The van der Waals surface area contributed by atoms with Crippen LogP contribution in [-0.2, 0) is 11.3 Å². The average molecular weight is 458 g/mol. The van der Waals surface area contributed by atoms with Gasteiger partial charge < -0.3 is 19.6 Å². The van der Waals surface area contributed by atoms with Crippen LogP contribution in [0.1, 0.15) is 37.9 Å². The number of thiophene rings is 1. The van der Waals surface area contributed by atoms with E-state index in [0.717, 1.165) is 29.7 Å². The minimum absolute atomic E-state index is 0.145. The molecule has 2 heterocycles. The number of nitrogens with one attached hydrogen (secondary N) is 1. The van der Waals surface area contributed by atoms with Crippen molar-refractivity contribution < 1.29 is 14.6 Å². The van der Waals surface area contributed by atoms with Crippen LogP contribution in [0, 0.1) is 0 Å². The van der Waals surface area contributed by atoms with Crippen molar-refractivity contribution in [2.75, 3.05) is 27.4 Å². The summed E-state index contributed by atoms with van der Waals surface area (Å²) in [5.41, 5.74) is 1.57. The van der Waals surface area contributed by atoms with Gasteiger partial charge in [-0.15, -0.1) is 11.3 Å². The van der Waals surface area contributed by atoms with Crippen LogP contribution in [0.5, 0.6) is 5.75 Å². The highest BCUT2D eigenvalue weighted by molar-refractivity contribution is 7.17. The number of methoxy groups -OCH3 is 2. The smallest absolute Gasteiger partial charge is 0.260 e. The average Bonchev–Trinajstić information content (AvgIpc) is 3.24. The molecule has 1 fully saturated rings. The topological polar surface area (TPSA) is 87.7 Å². The molecular weight excluding hydrogens is 426 g/mol. The molecule has 2 N–H and O–H groups in total. The molecule has 172 valence electrons. The quantitative estimate of drug-likeness (QED) is 0.508. The van der Waals surface area contributed by atoms with Gasteiger partial charge in [0.25, 0.3) is 5.56 Å². The van der Waals surface area contributed by atoms with E-state index in [-0.39, 0.29) is 5.56 Å². The normalized spacial score (nSPS) is 16.0. The lowest BCUT2D eigenvalue weighted by Gasteiger charge is -2.35. The number of H-pyrrole nitrogens is 1. The summed E-state index contributed by atoms with van der Waals surface area (Å²) in [6, 6.07) is 8.07. The Morgan fingerprint density at radius 2 is 2.00 bits per heavy atom. The molecule has 4 rings (SSSR count). The highest BCUT2D eigenvalue weighted by Gasteiger charge is 2.25. The van der Waals surface area contributed by atoms with Crippen molar-refractivity contribution in [1.29, 1.82) is 0 Å². The van der Waals surface area contributed by atoms with Crippen molar-refractivity contribution in [2.45, 2.75) is 50.8 Å². The van der Waals surface area contributed by atoms with E-state index in [9.17, 15) is 9.90 Å². The van der Waals surface area contributed by atoms with Crippen molar-refractivity contribution >= 4 is 21.6 Å². The second-order valence-corrected chi connectivity index (χ2v) is 9.23. The Hall–Kier alpha value is -2.26. The van der Waals surface area contributed by atoms with E-state index in [1.54, 1.807) is 14.2 Å². The second-order valence-electron chi connectivity index (χ2n) is 8.37. The number of aliphatic hydroxyl groups excluding tert-OH is 1. The van der Waals surface area contributed by atoms with Crippen molar-refractivity contribution in [1.82, 2.24) is 14.9 Å². The molecule has 0 saturated heterocycles. The van der Waals surface area contributed by atoms with Gasteiger partial charge in [-0.3, -0.25) is 9.69 Å². The van der Waals surface area contributed by atoms with E-state index < -0.39 is 6.10 Å². The van der Waals surface area contributed by atoms with Crippen LogP contribution >= 0.6 is 11.3 Å². The molecule has 1 saturated carbocycles. The van der Waals surface area contributed by atoms with E-state index in [2.05, 4.69) is 9.88 Å². The molecule has 1 aromatic carbocycles. The molecular formula is C24H31N3O4S. The Bertz CT molecular complexity index is 1090. The maximum atomic E-state index is 13.1. The number of hydrogen-bond donors (Lipinski definition) is 2. The Labute approximate surface area is 192 Å². The number of hydrogen-bond acceptors (Lipinski definition) is 7. The number of ether oxygens (including phenoxy) is 2. The zero-order chi connectivity index (χ0) is 22.5. The highest BCUT2D eigenvalue weighted by atomic mass is 32.1. The highest BCUT2D eigenvalue weighted by Crippen LogP contribution is 2.36. The molecule has 1 unspecified atom stereocenters. The van der Waals surface area contributed by atoms with Crippen LogP contribution in [0.4, 0.5) is 0 Å². The van der Waals surface area contributed by atoms with Gasteiger partial charge in [-0.05, 0) is 18.9 Å². The zero-order valence-corrected chi connectivity index (χ0v) is 19.5. The molecule has 1 aliphatic rings. The van der Waals surface area contributed by atoms with Crippen LogP contribution in [0.3, 0.4) is 0 Å². The van der Waals surface area contributed by atoms with Crippen LogP contribution in [0.15, 0.2) is 34.4 Å². The molecule has 0 bridgehead atoms. The lowest BCUT2D eigenvalue weighted by molar-refractivity contribution is 0.0173. The van der Waals surface area contributed by atoms with Gasteiger partial charge in [-0.2, -0.15) is 0 Å².